The van der Waals surface area contributed by atoms with Crippen LogP contribution in [-0.4, -0.2) is 44.0 Å². The van der Waals surface area contributed by atoms with Crippen molar-refractivity contribution in [1.82, 2.24) is 4.90 Å². The Hall–Kier alpha value is -1.19. The van der Waals surface area contributed by atoms with E-state index in [0.717, 1.165) is 31.6 Å². The molecule has 0 N–H and O–H groups in total. The molecule has 106 valence electrons. The molecule has 0 spiro atoms. The zero-order chi connectivity index (χ0) is 14.1. The van der Waals surface area contributed by atoms with Gasteiger partial charge in [0.25, 0.3) is 0 Å². The maximum absolute atomic E-state index is 12.1. The highest BCUT2D eigenvalue weighted by atomic mass is 16.5. The summed E-state index contributed by atoms with van der Waals surface area (Å²) in [5.74, 6) is 0.169. The molecule has 0 aromatic heterocycles. The second-order valence-electron chi connectivity index (χ2n) is 4.80. The third kappa shape index (κ3) is 5.99. The lowest BCUT2D eigenvalue weighted by atomic mass is 10.1. The minimum absolute atomic E-state index is 0.169. The molecule has 0 bridgehead atoms. The molecule has 3 heteroatoms. The molecule has 1 aromatic rings. The van der Waals surface area contributed by atoms with Crippen LogP contribution in [0.25, 0.3) is 0 Å². The summed E-state index contributed by atoms with van der Waals surface area (Å²) in [6.07, 6.45) is 2.20. The van der Waals surface area contributed by atoms with Gasteiger partial charge in [-0.3, -0.25) is 9.69 Å². The lowest BCUT2D eigenvalue weighted by Crippen LogP contribution is -2.29. The number of benzene rings is 1. The Morgan fingerprint density at radius 2 is 1.89 bits per heavy atom. The molecule has 0 heterocycles. The third-order valence-electron chi connectivity index (χ3n) is 3.05. The Kier molecular flexibility index (Phi) is 7.38. The first-order valence-corrected chi connectivity index (χ1v) is 7.05. The van der Waals surface area contributed by atoms with Gasteiger partial charge in [-0.1, -0.05) is 37.6 Å². The number of hydrogen-bond donors (Lipinski definition) is 0. The molecule has 0 atom stereocenters. The highest BCUT2D eigenvalue weighted by Gasteiger charge is 2.09. The van der Waals surface area contributed by atoms with Crippen molar-refractivity contribution in [3.05, 3.63) is 35.4 Å². The molecule has 0 amide bonds. The first-order chi connectivity index (χ1) is 9.17. The lowest BCUT2D eigenvalue weighted by Gasteiger charge is -2.15. The number of carbonyl (C=O) groups is 1. The standard InChI is InChI=1S/C16H25NO2/c1-4-6-14-7-9-15(10-8-14)16(18)13-17(3)11-12-19-5-2/h7-10H,4-6,11-13H2,1-3H3. The number of likely N-dealkylation sites (N-methyl/N-ethyl adjacent to an activating group) is 1. The lowest BCUT2D eigenvalue weighted by molar-refractivity contribution is 0.0896. The third-order valence-corrected chi connectivity index (χ3v) is 3.05. The minimum Gasteiger partial charge on any atom is -0.380 e. The molecule has 19 heavy (non-hydrogen) atoms. The summed E-state index contributed by atoms with van der Waals surface area (Å²) in [7, 11) is 1.95. The molecular formula is C16H25NO2. The summed E-state index contributed by atoms with van der Waals surface area (Å²) in [4.78, 5) is 14.1. The van der Waals surface area contributed by atoms with Crippen molar-refractivity contribution in [2.75, 3.05) is 33.4 Å². The fraction of sp³-hybridized carbons (Fsp3) is 0.562. The molecule has 0 aliphatic heterocycles. The van der Waals surface area contributed by atoms with Crippen LogP contribution in [0.1, 0.15) is 36.2 Å². The summed E-state index contributed by atoms with van der Waals surface area (Å²) in [6.45, 7) is 6.76. The molecule has 0 unspecified atom stereocenters. The van der Waals surface area contributed by atoms with Gasteiger partial charge in [-0.05, 0) is 26.0 Å². The molecule has 0 saturated carbocycles. The largest absolute Gasteiger partial charge is 0.380 e. The van der Waals surface area contributed by atoms with E-state index in [1.807, 2.05) is 31.0 Å². The van der Waals surface area contributed by atoms with Crippen molar-refractivity contribution in [2.45, 2.75) is 26.7 Å². The number of rotatable bonds is 9. The SMILES string of the molecule is CCCc1ccc(C(=O)CN(C)CCOCC)cc1. The van der Waals surface area contributed by atoms with Gasteiger partial charge in [0.15, 0.2) is 5.78 Å². The zero-order valence-corrected chi connectivity index (χ0v) is 12.3. The quantitative estimate of drug-likeness (QED) is 0.507. The van der Waals surface area contributed by atoms with Crippen molar-refractivity contribution in [3.8, 4) is 0 Å². The van der Waals surface area contributed by atoms with Gasteiger partial charge in [0.1, 0.15) is 0 Å². The molecule has 0 radical (unpaired) electrons. The van der Waals surface area contributed by atoms with Crippen molar-refractivity contribution in [2.24, 2.45) is 0 Å². The van der Waals surface area contributed by atoms with E-state index in [-0.39, 0.29) is 5.78 Å². The number of aryl methyl sites for hydroxylation is 1. The predicted molar refractivity (Wildman–Crippen MR) is 78.8 cm³/mol. The Morgan fingerprint density at radius 1 is 1.21 bits per heavy atom. The van der Waals surface area contributed by atoms with Crippen LogP contribution in [0.4, 0.5) is 0 Å². The smallest absolute Gasteiger partial charge is 0.176 e. The van der Waals surface area contributed by atoms with Crippen molar-refractivity contribution in [3.63, 3.8) is 0 Å². The van der Waals surface area contributed by atoms with Gasteiger partial charge in [0.05, 0.1) is 13.2 Å². The van der Waals surface area contributed by atoms with Crippen molar-refractivity contribution >= 4 is 5.78 Å². The van der Waals surface area contributed by atoms with Gasteiger partial charge >= 0.3 is 0 Å². The van der Waals surface area contributed by atoms with E-state index in [4.69, 9.17) is 4.74 Å². The first-order valence-electron chi connectivity index (χ1n) is 7.05. The average Bonchev–Trinajstić information content (AvgIpc) is 2.40. The summed E-state index contributed by atoms with van der Waals surface area (Å²) in [5.41, 5.74) is 2.09. The second-order valence-corrected chi connectivity index (χ2v) is 4.80. The number of hydrogen-bond acceptors (Lipinski definition) is 3. The molecule has 1 rings (SSSR count). The zero-order valence-electron chi connectivity index (χ0n) is 12.3. The highest BCUT2D eigenvalue weighted by Crippen LogP contribution is 2.07. The Bertz CT molecular complexity index is 373. The van der Waals surface area contributed by atoms with Crippen LogP contribution in [-0.2, 0) is 11.2 Å². The first kappa shape index (κ1) is 15.9. The maximum Gasteiger partial charge on any atom is 0.176 e. The number of Topliss-reactive ketones (excluding diaryl/α,β-unsaturated/α-hetero) is 1. The summed E-state index contributed by atoms with van der Waals surface area (Å²) in [5, 5.41) is 0. The predicted octanol–water partition coefficient (Wildman–Crippen LogP) is 2.79. The van der Waals surface area contributed by atoms with Gasteiger partial charge in [0.2, 0.25) is 0 Å². The summed E-state index contributed by atoms with van der Waals surface area (Å²) in [6, 6.07) is 7.97. The average molecular weight is 263 g/mol. The van der Waals surface area contributed by atoms with Crippen LogP contribution in [0.5, 0.6) is 0 Å². The highest BCUT2D eigenvalue weighted by molar-refractivity contribution is 5.97. The molecule has 0 saturated heterocycles. The normalized spacial score (nSPS) is 10.9. The fourth-order valence-corrected chi connectivity index (χ4v) is 1.93. The van der Waals surface area contributed by atoms with Gasteiger partial charge in [-0.25, -0.2) is 0 Å². The van der Waals surface area contributed by atoms with Gasteiger partial charge in [-0.15, -0.1) is 0 Å². The van der Waals surface area contributed by atoms with Crippen molar-refractivity contribution in [1.29, 1.82) is 0 Å². The van der Waals surface area contributed by atoms with Gasteiger partial charge in [0, 0.05) is 18.7 Å². The summed E-state index contributed by atoms with van der Waals surface area (Å²) >= 11 is 0. The molecule has 0 fully saturated rings. The topological polar surface area (TPSA) is 29.5 Å². The van der Waals surface area contributed by atoms with E-state index >= 15 is 0 Å². The molecule has 0 aliphatic rings. The Morgan fingerprint density at radius 3 is 2.47 bits per heavy atom. The molecule has 0 aliphatic carbocycles. The second kappa shape index (κ2) is 8.83. The Balaban J connectivity index is 2.44. The van der Waals surface area contributed by atoms with E-state index < -0.39 is 0 Å². The monoisotopic (exact) mass is 263 g/mol. The van der Waals surface area contributed by atoms with E-state index in [1.54, 1.807) is 0 Å². The maximum atomic E-state index is 12.1. The molecular weight excluding hydrogens is 238 g/mol. The van der Waals surface area contributed by atoms with Crippen LogP contribution < -0.4 is 0 Å². The number of ether oxygens (including phenoxy) is 1. The molecule has 1 aromatic carbocycles. The van der Waals surface area contributed by atoms with Crippen LogP contribution in [0.2, 0.25) is 0 Å². The van der Waals surface area contributed by atoms with E-state index in [2.05, 4.69) is 19.1 Å². The van der Waals surface area contributed by atoms with Crippen LogP contribution in [0.15, 0.2) is 24.3 Å². The number of nitrogens with zero attached hydrogens (tertiary/aromatic N) is 1. The minimum atomic E-state index is 0.169. The number of ketones is 1. The van der Waals surface area contributed by atoms with E-state index in [0.29, 0.717) is 13.2 Å². The molecule has 3 nitrogen and oxygen atoms in total. The van der Waals surface area contributed by atoms with Gasteiger partial charge in [-0.2, -0.15) is 0 Å². The van der Waals surface area contributed by atoms with E-state index in [1.165, 1.54) is 5.56 Å². The van der Waals surface area contributed by atoms with Gasteiger partial charge < -0.3 is 4.74 Å². The number of carbonyl (C=O) groups excluding carboxylic acids is 1. The van der Waals surface area contributed by atoms with Crippen LogP contribution in [0, 0.1) is 0 Å². The van der Waals surface area contributed by atoms with Crippen LogP contribution in [0.3, 0.4) is 0 Å². The fourth-order valence-electron chi connectivity index (χ4n) is 1.93. The Labute approximate surface area is 116 Å². The van der Waals surface area contributed by atoms with Crippen LogP contribution >= 0.6 is 0 Å². The summed E-state index contributed by atoms with van der Waals surface area (Å²) < 4.78 is 5.28. The van der Waals surface area contributed by atoms with Crippen molar-refractivity contribution < 1.29 is 9.53 Å². The van der Waals surface area contributed by atoms with E-state index in [9.17, 15) is 4.79 Å².